The Morgan fingerprint density at radius 2 is 2.17 bits per heavy atom. The summed E-state index contributed by atoms with van der Waals surface area (Å²) in [4.78, 5) is 0. The van der Waals surface area contributed by atoms with Crippen molar-refractivity contribution in [3.8, 4) is 11.5 Å². The standard InChI is InChI=1S/C14H22N2O2/c1-11(4-6-15)9-16-7-5-12-2-3-13-14(8-12)18-10-17-13/h2-3,8,11,16H,4-7,9-10,15H2,1H3. The first-order valence-electron chi connectivity index (χ1n) is 6.59. The summed E-state index contributed by atoms with van der Waals surface area (Å²) in [6.07, 6.45) is 2.09. The number of nitrogens with two attached hydrogens (primary N) is 1. The van der Waals surface area contributed by atoms with Gasteiger partial charge >= 0.3 is 0 Å². The Morgan fingerprint density at radius 3 is 3.00 bits per heavy atom. The highest BCUT2D eigenvalue weighted by Gasteiger charge is 2.12. The zero-order valence-corrected chi connectivity index (χ0v) is 10.9. The molecule has 1 aromatic carbocycles. The number of benzene rings is 1. The molecule has 1 atom stereocenters. The molecule has 4 nitrogen and oxygen atoms in total. The van der Waals surface area contributed by atoms with E-state index in [-0.39, 0.29) is 0 Å². The molecular weight excluding hydrogens is 228 g/mol. The van der Waals surface area contributed by atoms with E-state index in [0.29, 0.717) is 12.7 Å². The Bertz CT molecular complexity index is 382. The van der Waals surface area contributed by atoms with Crippen LogP contribution in [0.25, 0.3) is 0 Å². The molecule has 0 radical (unpaired) electrons. The first-order chi connectivity index (χ1) is 8.79. The maximum atomic E-state index is 5.52. The fraction of sp³-hybridized carbons (Fsp3) is 0.571. The fourth-order valence-corrected chi connectivity index (χ4v) is 2.06. The largest absolute Gasteiger partial charge is 0.454 e. The van der Waals surface area contributed by atoms with E-state index in [1.165, 1.54) is 5.56 Å². The van der Waals surface area contributed by atoms with Crippen LogP contribution in [0.1, 0.15) is 18.9 Å². The Kier molecular flexibility index (Phi) is 4.84. The monoisotopic (exact) mass is 250 g/mol. The molecule has 0 fully saturated rings. The molecule has 0 spiro atoms. The van der Waals surface area contributed by atoms with E-state index in [1.54, 1.807) is 0 Å². The summed E-state index contributed by atoms with van der Waals surface area (Å²) in [5.41, 5.74) is 6.80. The van der Waals surface area contributed by atoms with Crippen LogP contribution in [0, 0.1) is 5.92 Å². The van der Waals surface area contributed by atoms with E-state index >= 15 is 0 Å². The second kappa shape index (κ2) is 6.61. The van der Waals surface area contributed by atoms with Crippen molar-refractivity contribution in [2.24, 2.45) is 11.7 Å². The molecule has 18 heavy (non-hydrogen) atoms. The molecule has 3 N–H and O–H groups in total. The lowest BCUT2D eigenvalue weighted by Crippen LogP contribution is -2.24. The molecule has 100 valence electrons. The van der Waals surface area contributed by atoms with E-state index in [0.717, 1.165) is 44.0 Å². The minimum atomic E-state index is 0.341. The molecule has 0 bridgehead atoms. The highest BCUT2D eigenvalue weighted by molar-refractivity contribution is 5.44. The van der Waals surface area contributed by atoms with Crippen molar-refractivity contribution < 1.29 is 9.47 Å². The lowest BCUT2D eigenvalue weighted by molar-refractivity contribution is 0.174. The Balaban J connectivity index is 1.70. The van der Waals surface area contributed by atoms with E-state index in [1.807, 2.05) is 6.07 Å². The normalized spacial score (nSPS) is 14.8. The lowest BCUT2D eigenvalue weighted by Gasteiger charge is -2.11. The van der Waals surface area contributed by atoms with Gasteiger partial charge in [0.15, 0.2) is 11.5 Å². The average molecular weight is 250 g/mol. The van der Waals surface area contributed by atoms with Crippen LogP contribution in [-0.4, -0.2) is 26.4 Å². The van der Waals surface area contributed by atoms with Crippen LogP contribution in [0.15, 0.2) is 18.2 Å². The molecule has 1 heterocycles. The molecule has 0 amide bonds. The van der Waals surface area contributed by atoms with Gasteiger partial charge in [0.05, 0.1) is 0 Å². The first kappa shape index (κ1) is 13.2. The molecule has 0 aliphatic carbocycles. The predicted molar refractivity (Wildman–Crippen MR) is 72.0 cm³/mol. The van der Waals surface area contributed by atoms with Crippen molar-refractivity contribution in [3.63, 3.8) is 0 Å². The van der Waals surface area contributed by atoms with Crippen molar-refractivity contribution in [1.82, 2.24) is 5.32 Å². The number of fused-ring (bicyclic) bond motifs is 1. The minimum absolute atomic E-state index is 0.341. The summed E-state index contributed by atoms with van der Waals surface area (Å²) in [6.45, 7) is 5.34. The second-order valence-electron chi connectivity index (χ2n) is 4.82. The van der Waals surface area contributed by atoms with E-state index in [4.69, 9.17) is 15.2 Å². The summed E-state index contributed by atoms with van der Waals surface area (Å²) >= 11 is 0. The van der Waals surface area contributed by atoms with Crippen LogP contribution in [0.5, 0.6) is 11.5 Å². The van der Waals surface area contributed by atoms with E-state index in [2.05, 4.69) is 24.4 Å². The summed E-state index contributed by atoms with van der Waals surface area (Å²) in [7, 11) is 0. The zero-order valence-electron chi connectivity index (χ0n) is 10.9. The highest BCUT2D eigenvalue weighted by atomic mass is 16.7. The van der Waals surface area contributed by atoms with Gasteiger partial charge in [-0.15, -0.1) is 0 Å². The summed E-state index contributed by atoms with van der Waals surface area (Å²) in [6, 6.07) is 6.14. The molecule has 4 heteroatoms. The molecule has 0 saturated heterocycles. The maximum absolute atomic E-state index is 5.52. The van der Waals surface area contributed by atoms with Crippen molar-refractivity contribution in [3.05, 3.63) is 23.8 Å². The molecule has 1 aromatic rings. The Morgan fingerprint density at radius 1 is 1.33 bits per heavy atom. The van der Waals surface area contributed by atoms with E-state index < -0.39 is 0 Å². The van der Waals surface area contributed by atoms with Crippen molar-refractivity contribution in [2.45, 2.75) is 19.8 Å². The average Bonchev–Trinajstić information content (AvgIpc) is 2.82. The molecule has 2 rings (SSSR count). The van der Waals surface area contributed by atoms with Crippen molar-refractivity contribution in [2.75, 3.05) is 26.4 Å². The van der Waals surface area contributed by atoms with Gasteiger partial charge < -0.3 is 20.5 Å². The number of hydrogen-bond acceptors (Lipinski definition) is 4. The zero-order chi connectivity index (χ0) is 12.8. The van der Waals surface area contributed by atoms with Gasteiger partial charge in [-0.3, -0.25) is 0 Å². The van der Waals surface area contributed by atoms with Crippen LogP contribution in [-0.2, 0) is 6.42 Å². The van der Waals surface area contributed by atoms with Crippen LogP contribution >= 0.6 is 0 Å². The van der Waals surface area contributed by atoms with Gasteiger partial charge in [-0.2, -0.15) is 0 Å². The smallest absolute Gasteiger partial charge is 0.231 e. The summed E-state index contributed by atoms with van der Waals surface area (Å²) < 4.78 is 10.6. The van der Waals surface area contributed by atoms with Gasteiger partial charge in [0, 0.05) is 0 Å². The Hall–Kier alpha value is -1.26. The molecule has 0 saturated carbocycles. The summed E-state index contributed by atoms with van der Waals surface area (Å²) in [5.74, 6) is 2.36. The lowest BCUT2D eigenvalue weighted by atomic mass is 10.1. The first-order valence-corrected chi connectivity index (χ1v) is 6.59. The number of rotatable bonds is 7. The fourth-order valence-electron chi connectivity index (χ4n) is 2.06. The maximum Gasteiger partial charge on any atom is 0.231 e. The third-order valence-corrected chi connectivity index (χ3v) is 3.18. The molecule has 1 unspecified atom stereocenters. The molecular formula is C14H22N2O2. The van der Waals surface area contributed by atoms with Crippen molar-refractivity contribution in [1.29, 1.82) is 0 Å². The van der Waals surface area contributed by atoms with Gasteiger partial charge in [-0.25, -0.2) is 0 Å². The second-order valence-corrected chi connectivity index (χ2v) is 4.82. The number of nitrogens with one attached hydrogen (secondary N) is 1. The quantitative estimate of drug-likeness (QED) is 0.721. The van der Waals surface area contributed by atoms with Gasteiger partial charge in [-0.05, 0) is 56.1 Å². The minimum Gasteiger partial charge on any atom is -0.454 e. The van der Waals surface area contributed by atoms with Crippen molar-refractivity contribution >= 4 is 0 Å². The molecule has 1 aliphatic rings. The number of ether oxygens (including phenoxy) is 2. The molecule has 0 aromatic heterocycles. The highest BCUT2D eigenvalue weighted by Crippen LogP contribution is 2.32. The van der Waals surface area contributed by atoms with Gasteiger partial charge in [-0.1, -0.05) is 13.0 Å². The van der Waals surface area contributed by atoms with Crippen LogP contribution in [0.3, 0.4) is 0 Å². The number of hydrogen-bond donors (Lipinski definition) is 2. The van der Waals surface area contributed by atoms with Gasteiger partial charge in [0.2, 0.25) is 6.79 Å². The molecule has 1 aliphatic heterocycles. The van der Waals surface area contributed by atoms with Gasteiger partial charge in [0.1, 0.15) is 0 Å². The van der Waals surface area contributed by atoms with Crippen LogP contribution in [0.4, 0.5) is 0 Å². The van der Waals surface area contributed by atoms with Crippen LogP contribution < -0.4 is 20.5 Å². The third-order valence-electron chi connectivity index (χ3n) is 3.18. The van der Waals surface area contributed by atoms with Crippen LogP contribution in [0.2, 0.25) is 0 Å². The Labute approximate surface area is 108 Å². The third kappa shape index (κ3) is 3.62. The topological polar surface area (TPSA) is 56.5 Å². The van der Waals surface area contributed by atoms with E-state index in [9.17, 15) is 0 Å². The van der Waals surface area contributed by atoms with Gasteiger partial charge in [0.25, 0.3) is 0 Å². The summed E-state index contributed by atoms with van der Waals surface area (Å²) in [5, 5.41) is 3.46. The SMILES string of the molecule is CC(CCN)CNCCc1ccc2c(c1)OCO2. The predicted octanol–water partition coefficient (Wildman–Crippen LogP) is 1.53.